The molecule has 3 aromatic rings. The van der Waals surface area contributed by atoms with E-state index in [0.29, 0.717) is 64.0 Å². The number of H-pyrrole nitrogens is 1. The quantitative estimate of drug-likeness (QED) is 0.480. The predicted octanol–water partition coefficient (Wildman–Crippen LogP) is 3.30. The molecule has 3 heterocycles. The topological polar surface area (TPSA) is 122 Å². The number of fused-ring (bicyclic) bond motifs is 2. The molecule has 9 nitrogen and oxygen atoms in total. The number of hydrogen-bond acceptors (Lipinski definition) is 7. The van der Waals surface area contributed by atoms with E-state index in [1.54, 1.807) is 6.20 Å². The van der Waals surface area contributed by atoms with Crippen molar-refractivity contribution in [2.45, 2.75) is 32.2 Å². The van der Waals surface area contributed by atoms with Crippen molar-refractivity contribution in [3.05, 3.63) is 30.2 Å². The number of aromatic nitrogens is 3. The Kier molecular flexibility index (Phi) is 4.93. The Bertz CT molecular complexity index is 1150. The minimum atomic E-state index is -0.256. The maximum absolute atomic E-state index is 12.8. The van der Waals surface area contributed by atoms with E-state index in [-0.39, 0.29) is 18.7 Å². The molecule has 1 aliphatic heterocycles. The fourth-order valence-electron chi connectivity index (χ4n) is 3.63. The molecular formula is C22H23N5O4. The molecule has 1 aliphatic carbocycles. The van der Waals surface area contributed by atoms with Crippen LogP contribution < -0.4 is 19.5 Å². The van der Waals surface area contributed by atoms with Crippen LogP contribution in [0, 0.1) is 11.3 Å². The Morgan fingerprint density at radius 3 is 3.06 bits per heavy atom. The highest BCUT2D eigenvalue weighted by molar-refractivity contribution is 6.08. The van der Waals surface area contributed by atoms with Crippen LogP contribution in [0.4, 0.5) is 0 Å². The molecule has 1 saturated carbocycles. The standard InChI is InChI=1S/C22H23N5O4/c1-12(6-7-23)27-22(28)14-8-24-20-18(14)25-10-26-19(20)17-15(29-9-13-2-3-13)4-5-16-21(17)31-11-30-16/h4-5,7-8,10,12-13,23-24H,2-3,6,9,11H2,1H3,(H,27,28)/t12-/m0/s1. The number of benzene rings is 1. The summed E-state index contributed by atoms with van der Waals surface area (Å²) in [6.45, 7) is 2.63. The molecule has 0 saturated heterocycles. The predicted molar refractivity (Wildman–Crippen MR) is 114 cm³/mol. The van der Waals surface area contributed by atoms with E-state index in [1.165, 1.54) is 25.4 Å². The molecule has 1 amide bonds. The molecule has 9 heteroatoms. The van der Waals surface area contributed by atoms with Crippen LogP contribution in [0.3, 0.4) is 0 Å². The second-order valence-corrected chi connectivity index (χ2v) is 7.89. The molecule has 1 fully saturated rings. The molecule has 0 spiro atoms. The van der Waals surface area contributed by atoms with E-state index in [4.69, 9.17) is 19.6 Å². The molecule has 0 bridgehead atoms. The Morgan fingerprint density at radius 1 is 1.39 bits per heavy atom. The number of carbonyl (C=O) groups excluding carboxylic acids is 1. The van der Waals surface area contributed by atoms with Gasteiger partial charge in [0.15, 0.2) is 11.5 Å². The van der Waals surface area contributed by atoms with E-state index in [2.05, 4.69) is 20.3 Å². The third-order valence-electron chi connectivity index (χ3n) is 5.47. The van der Waals surface area contributed by atoms with Crippen molar-refractivity contribution in [3.8, 4) is 28.5 Å². The van der Waals surface area contributed by atoms with E-state index >= 15 is 0 Å². The van der Waals surface area contributed by atoms with E-state index in [0.717, 1.165) is 0 Å². The number of rotatable bonds is 8. The van der Waals surface area contributed by atoms with Crippen LogP contribution in [0.2, 0.25) is 0 Å². The summed E-state index contributed by atoms with van der Waals surface area (Å²) in [5, 5.41) is 10.1. The molecule has 2 aliphatic rings. The average Bonchev–Trinajstić information content (AvgIpc) is 3.29. The normalized spacial score (nSPS) is 15.6. The zero-order valence-electron chi connectivity index (χ0n) is 17.1. The lowest BCUT2D eigenvalue weighted by Crippen LogP contribution is -2.32. The number of ether oxygens (including phenoxy) is 3. The lowest BCUT2D eigenvalue weighted by Gasteiger charge is -2.14. The zero-order valence-corrected chi connectivity index (χ0v) is 17.1. The van der Waals surface area contributed by atoms with Gasteiger partial charge in [0.05, 0.1) is 23.3 Å². The molecule has 5 rings (SSSR count). The number of hydrogen-bond donors (Lipinski definition) is 3. The first-order chi connectivity index (χ1) is 15.2. The minimum Gasteiger partial charge on any atom is -0.492 e. The summed E-state index contributed by atoms with van der Waals surface area (Å²) in [5.74, 6) is 2.20. The maximum Gasteiger partial charge on any atom is 0.255 e. The first-order valence-electron chi connectivity index (χ1n) is 10.3. The molecule has 160 valence electrons. The third-order valence-corrected chi connectivity index (χ3v) is 5.47. The fourth-order valence-corrected chi connectivity index (χ4v) is 3.63. The molecular weight excluding hydrogens is 398 g/mol. The van der Waals surface area contributed by atoms with Gasteiger partial charge in [-0.05, 0) is 44.0 Å². The Morgan fingerprint density at radius 2 is 2.26 bits per heavy atom. The first kappa shape index (κ1) is 19.3. The van der Waals surface area contributed by atoms with Crippen LogP contribution in [0.15, 0.2) is 24.7 Å². The monoisotopic (exact) mass is 421 g/mol. The first-order valence-corrected chi connectivity index (χ1v) is 10.3. The summed E-state index contributed by atoms with van der Waals surface area (Å²) in [4.78, 5) is 24.8. The SMILES string of the molecule is C[C@@H](CC=N)NC(=O)c1c[nH]c2c(-c3c(OCC4CC4)ccc4c3OCO4)ncnc12. The van der Waals surface area contributed by atoms with Gasteiger partial charge in [0.2, 0.25) is 6.79 Å². The van der Waals surface area contributed by atoms with Crippen LogP contribution in [0.5, 0.6) is 17.2 Å². The van der Waals surface area contributed by atoms with E-state index in [9.17, 15) is 4.79 Å². The van der Waals surface area contributed by atoms with Crippen LogP contribution in [0.25, 0.3) is 22.3 Å². The molecule has 1 atom stereocenters. The summed E-state index contributed by atoms with van der Waals surface area (Å²) < 4.78 is 17.4. The fraction of sp³-hybridized carbons (Fsp3) is 0.364. The third kappa shape index (κ3) is 3.67. The number of carbonyl (C=O) groups is 1. The summed E-state index contributed by atoms with van der Waals surface area (Å²) in [7, 11) is 0. The van der Waals surface area contributed by atoms with Crippen molar-refractivity contribution in [3.63, 3.8) is 0 Å². The molecule has 0 unspecified atom stereocenters. The van der Waals surface area contributed by atoms with Crippen LogP contribution in [0.1, 0.15) is 36.5 Å². The van der Waals surface area contributed by atoms with Gasteiger partial charge in [0.25, 0.3) is 5.91 Å². The van der Waals surface area contributed by atoms with Gasteiger partial charge in [0, 0.05) is 18.7 Å². The second kappa shape index (κ2) is 7.90. The Hall–Kier alpha value is -3.62. The van der Waals surface area contributed by atoms with Crippen molar-refractivity contribution < 1.29 is 19.0 Å². The Labute approximate surface area is 178 Å². The maximum atomic E-state index is 12.8. The average molecular weight is 421 g/mol. The molecule has 2 aromatic heterocycles. The van der Waals surface area contributed by atoms with Gasteiger partial charge in [-0.25, -0.2) is 9.97 Å². The van der Waals surface area contributed by atoms with Crippen LogP contribution in [-0.4, -0.2) is 46.5 Å². The van der Waals surface area contributed by atoms with Gasteiger partial charge in [-0.3, -0.25) is 4.79 Å². The molecule has 31 heavy (non-hydrogen) atoms. The number of aromatic amines is 1. The highest BCUT2D eigenvalue weighted by atomic mass is 16.7. The van der Waals surface area contributed by atoms with Gasteiger partial charge in [-0.15, -0.1) is 0 Å². The van der Waals surface area contributed by atoms with Crippen molar-refractivity contribution in [2.75, 3.05) is 13.4 Å². The highest BCUT2D eigenvalue weighted by Gasteiger charge is 2.29. The molecule has 0 radical (unpaired) electrons. The van der Waals surface area contributed by atoms with Gasteiger partial charge in [0.1, 0.15) is 23.3 Å². The lowest BCUT2D eigenvalue weighted by atomic mass is 10.1. The molecule has 1 aromatic carbocycles. The van der Waals surface area contributed by atoms with Crippen molar-refractivity contribution >= 4 is 23.2 Å². The van der Waals surface area contributed by atoms with Crippen molar-refractivity contribution in [1.29, 1.82) is 5.41 Å². The summed E-state index contributed by atoms with van der Waals surface area (Å²) in [6, 6.07) is 3.56. The van der Waals surface area contributed by atoms with Gasteiger partial charge < -0.3 is 29.9 Å². The minimum absolute atomic E-state index is 0.131. The van der Waals surface area contributed by atoms with Crippen molar-refractivity contribution in [2.24, 2.45) is 5.92 Å². The number of nitrogens with zero attached hydrogens (tertiary/aromatic N) is 2. The molecule has 3 N–H and O–H groups in total. The number of amides is 1. The van der Waals surface area contributed by atoms with Gasteiger partial charge >= 0.3 is 0 Å². The summed E-state index contributed by atoms with van der Waals surface area (Å²) in [5.41, 5.74) is 2.82. The van der Waals surface area contributed by atoms with Gasteiger partial charge in [-0.1, -0.05) is 0 Å². The Balaban J connectivity index is 1.56. The van der Waals surface area contributed by atoms with Crippen molar-refractivity contribution in [1.82, 2.24) is 20.3 Å². The smallest absolute Gasteiger partial charge is 0.255 e. The largest absolute Gasteiger partial charge is 0.492 e. The highest BCUT2D eigenvalue weighted by Crippen LogP contribution is 2.48. The summed E-state index contributed by atoms with van der Waals surface area (Å²) >= 11 is 0. The second-order valence-electron chi connectivity index (χ2n) is 7.89. The summed E-state index contributed by atoms with van der Waals surface area (Å²) in [6.07, 6.45) is 7.17. The van der Waals surface area contributed by atoms with Gasteiger partial charge in [-0.2, -0.15) is 0 Å². The van der Waals surface area contributed by atoms with E-state index in [1.807, 2.05) is 19.1 Å². The lowest BCUT2D eigenvalue weighted by molar-refractivity contribution is 0.0943. The van der Waals surface area contributed by atoms with Crippen LogP contribution in [-0.2, 0) is 0 Å². The zero-order chi connectivity index (χ0) is 21.4. The number of nitrogens with one attached hydrogen (secondary N) is 3. The van der Waals surface area contributed by atoms with Crippen LogP contribution >= 0.6 is 0 Å². The van der Waals surface area contributed by atoms with E-state index < -0.39 is 0 Å².